The van der Waals surface area contributed by atoms with Crippen LogP contribution < -0.4 is 16.0 Å². The predicted octanol–water partition coefficient (Wildman–Crippen LogP) is 3.01. The number of aliphatic imine (C=N–C) groups is 1. The van der Waals surface area contributed by atoms with E-state index in [1.165, 1.54) is 5.56 Å². The number of carbonyl (C=O) groups is 1. The van der Waals surface area contributed by atoms with E-state index in [1.807, 2.05) is 24.3 Å². The van der Waals surface area contributed by atoms with Crippen LogP contribution in [-0.2, 0) is 13.1 Å². The Labute approximate surface area is 180 Å². The van der Waals surface area contributed by atoms with Gasteiger partial charge in [-0.05, 0) is 50.6 Å². The van der Waals surface area contributed by atoms with Crippen molar-refractivity contribution in [2.45, 2.75) is 39.4 Å². The Hall–Kier alpha value is -2.86. The van der Waals surface area contributed by atoms with Crippen molar-refractivity contribution in [3.05, 3.63) is 71.3 Å². The molecular formula is C24H35N5O. The predicted molar refractivity (Wildman–Crippen MR) is 125 cm³/mol. The first-order chi connectivity index (χ1) is 14.5. The molecule has 0 radical (unpaired) electrons. The Bertz CT molecular complexity index is 789. The molecule has 0 aromatic heterocycles. The van der Waals surface area contributed by atoms with E-state index in [2.05, 4.69) is 77.1 Å². The van der Waals surface area contributed by atoms with Crippen molar-refractivity contribution < 1.29 is 4.79 Å². The number of guanidine groups is 1. The van der Waals surface area contributed by atoms with E-state index in [0.717, 1.165) is 37.6 Å². The summed E-state index contributed by atoms with van der Waals surface area (Å²) in [7, 11) is 3.80. The summed E-state index contributed by atoms with van der Waals surface area (Å²) in [6, 6.07) is 18.5. The van der Waals surface area contributed by atoms with Crippen LogP contribution in [-0.4, -0.2) is 50.0 Å². The van der Waals surface area contributed by atoms with Crippen LogP contribution >= 0.6 is 0 Å². The molecule has 162 valence electrons. The van der Waals surface area contributed by atoms with Crippen molar-refractivity contribution in [1.82, 2.24) is 20.9 Å². The van der Waals surface area contributed by atoms with Crippen LogP contribution in [0.2, 0.25) is 0 Å². The van der Waals surface area contributed by atoms with Crippen molar-refractivity contribution in [1.29, 1.82) is 0 Å². The molecule has 3 N–H and O–H groups in total. The number of hydrogen-bond donors (Lipinski definition) is 3. The van der Waals surface area contributed by atoms with Crippen molar-refractivity contribution in [2.75, 3.05) is 27.2 Å². The van der Waals surface area contributed by atoms with Gasteiger partial charge in [-0.3, -0.25) is 9.69 Å². The van der Waals surface area contributed by atoms with Gasteiger partial charge in [0.15, 0.2) is 5.96 Å². The zero-order valence-corrected chi connectivity index (χ0v) is 18.6. The molecule has 2 rings (SSSR count). The van der Waals surface area contributed by atoms with Gasteiger partial charge >= 0.3 is 0 Å². The zero-order chi connectivity index (χ0) is 21.8. The van der Waals surface area contributed by atoms with E-state index in [-0.39, 0.29) is 5.91 Å². The summed E-state index contributed by atoms with van der Waals surface area (Å²) < 4.78 is 0. The Balaban J connectivity index is 1.82. The third kappa shape index (κ3) is 7.87. The lowest BCUT2D eigenvalue weighted by atomic mass is 10.1. The standard InChI is InChI=1S/C24H35N5O/c1-5-26-24(28-17-20-11-13-22(14-12-20)23(30)25-3)27-16-15-19(2)29(4)18-21-9-7-6-8-10-21/h6-14,19H,5,15-18H2,1-4H3,(H,25,30)(H2,26,27,28). The Morgan fingerprint density at radius 2 is 1.73 bits per heavy atom. The maximum absolute atomic E-state index is 11.6. The molecule has 6 nitrogen and oxygen atoms in total. The Kier molecular flexibility index (Phi) is 9.87. The van der Waals surface area contributed by atoms with Gasteiger partial charge in [-0.1, -0.05) is 42.5 Å². The molecule has 30 heavy (non-hydrogen) atoms. The fourth-order valence-corrected chi connectivity index (χ4v) is 3.07. The summed E-state index contributed by atoms with van der Waals surface area (Å²) in [5.41, 5.74) is 3.05. The van der Waals surface area contributed by atoms with Crippen molar-refractivity contribution in [3.8, 4) is 0 Å². The topological polar surface area (TPSA) is 68.8 Å². The molecule has 0 saturated carbocycles. The summed E-state index contributed by atoms with van der Waals surface area (Å²) in [5.74, 6) is 0.734. The summed E-state index contributed by atoms with van der Waals surface area (Å²) in [4.78, 5) is 18.7. The highest BCUT2D eigenvalue weighted by molar-refractivity contribution is 5.93. The zero-order valence-electron chi connectivity index (χ0n) is 18.6. The molecule has 6 heteroatoms. The number of carbonyl (C=O) groups excluding carboxylic acids is 1. The monoisotopic (exact) mass is 409 g/mol. The maximum Gasteiger partial charge on any atom is 0.251 e. The van der Waals surface area contributed by atoms with E-state index >= 15 is 0 Å². The highest BCUT2D eigenvalue weighted by Crippen LogP contribution is 2.08. The van der Waals surface area contributed by atoms with E-state index in [1.54, 1.807) is 7.05 Å². The van der Waals surface area contributed by atoms with Gasteiger partial charge in [0, 0.05) is 38.3 Å². The van der Waals surface area contributed by atoms with Crippen LogP contribution in [0.1, 0.15) is 41.8 Å². The summed E-state index contributed by atoms with van der Waals surface area (Å²) in [6.07, 6.45) is 1.02. The maximum atomic E-state index is 11.6. The summed E-state index contributed by atoms with van der Waals surface area (Å²) >= 11 is 0. The average molecular weight is 410 g/mol. The molecule has 0 aliphatic rings. The minimum atomic E-state index is -0.0774. The third-order valence-electron chi connectivity index (χ3n) is 5.09. The molecule has 0 saturated heterocycles. The smallest absolute Gasteiger partial charge is 0.251 e. The van der Waals surface area contributed by atoms with Crippen LogP contribution in [0, 0.1) is 0 Å². The van der Waals surface area contributed by atoms with Crippen LogP contribution in [0.15, 0.2) is 59.6 Å². The molecule has 0 fully saturated rings. The number of rotatable bonds is 10. The molecule has 0 aliphatic carbocycles. The second-order valence-corrected chi connectivity index (χ2v) is 7.44. The second-order valence-electron chi connectivity index (χ2n) is 7.44. The van der Waals surface area contributed by atoms with Crippen LogP contribution in [0.4, 0.5) is 0 Å². The lowest BCUT2D eigenvalue weighted by molar-refractivity contribution is 0.0963. The number of hydrogen-bond acceptors (Lipinski definition) is 3. The highest BCUT2D eigenvalue weighted by atomic mass is 16.1. The normalized spacial score (nSPS) is 12.5. The molecule has 0 bridgehead atoms. The van der Waals surface area contributed by atoms with Crippen molar-refractivity contribution >= 4 is 11.9 Å². The molecule has 1 amide bonds. The lowest BCUT2D eigenvalue weighted by Crippen LogP contribution is -2.40. The number of nitrogens with zero attached hydrogens (tertiary/aromatic N) is 2. The first kappa shape index (κ1) is 23.4. The Morgan fingerprint density at radius 1 is 1.03 bits per heavy atom. The van der Waals surface area contributed by atoms with Crippen LogP contribution in [0.3, 0.4) is 0 Å². The van der Waals surface area contributed by atoms with Gasteiger partial charge in [0.05, 0.1) is 6.54 Å². The van der Waals surface area contributed by atoms with Crippen LogP contribution in [0.5, 0.6) is 0 Å². The molecule has 1 atom stereocenters. The molecular weight excluding hydrogens is 374 g/mol. The van der Waals surface area contributed by atoms with Crippen molar-refractivity contribution in [2.24, 2.45) is 4.99 Å². The van der Waals surface area contributed by atoms with E-state index in [0.29, 0.717) is 18.2 Å². The minimum absolute atomic E-state index is 0.0774. The molecule has 2 aromatic carbocycles. The van der Waals surface area contributed by atoms with Crippen molar-refractivity contribution in [3.63, 3.8) is 0 Å². The summed E-state index contributed by atoms with van der Waals surface area (Å²) in [6.45, 7) is 7.48. The fraction of sp³-hybridized carbons (Fsp3) is 0.417. The number of nitrogens with one attached hydrogen (secondary N) is 3. The minimum Gasteiger partial charge on any atom is -0.357 e. The van der Waals surface area contributed by atoms with Gasteiger partial charge in [0.1, 0.15) is 0 Å². The SMILES string of the molecule is CCNC(=NCc1ccc(C(=O)NC)cc1)NCCC(C)N(C)Cc1ccccc1. The van der Waals surface area contributed by atoms with Gasteiger partial charge in [0.25, 0.3) is 5.91 Å². The third-order valence-corrected chi connectivity index (χ3v) is 5.09. The molecule has 0 spiro atoms. The molecule has 2 aromatic rings. The quantitative estimate of drug-likeness (QED) is 0.417. The number of benzene rings is 2. The first-order valence-electron chi connectivity index (χ1n) is 10.6. The van der Waals surface area contributed by atoms with E-state index in [4.69, 9.17) is 0 Å². The van der Waals surface area contributed by atoms with Gasteiger partial charge in [0.2, 0.25) is 0 Å². The molecule has 0 aliphatic heterocycles. The molecule has 0 heterocycles. The van der Waals surface area contributed by atoms with E-state index in [9.17, 15) is 4.79 Å². The highest BCUT2D eigenvalue weighted by Gasteiger charge is 2.10. The van der Waals surface area contributed by atoms with Gasteiger partial charge in [-0.25, -0.2) is 4.99 Å². The first-order valence-corrected chi connectivity index (χ1v) is 10.6. The largest absolute Gasteiger partial charge is 0.357 e. The fourth-order valence-electron chi connectivity index (χ4n) is 3.07. The Morgan fingerprint density at radius 3 is 2.37 bits per heavy atom. The lowest BCUT2D eigenvalue weighted by Gasteiger charge is -2.25. The van der Waals surface area contributed by atoms with Crippen LogP contribution in [0.25, 0.3) is 0 Å². The molecule has 1 unspecified atom stereocenters. The van der Waals surface area contributed by atoms with E-state index < -0.39 is 0 Å². The average Bonchev–Trinajstić information content (AvgIpc) is 2.77. The van der Waals surface area contributed by atoms with Gasteiger partial charge in [-0.2, -0.15) is 0 Å². The summed E-state index contributed by atoms with van der Waals surface area (Å²) in [5, 5.41) is 9.35. The second kappa shape index (κ2) is 12.6. The van der Waals surface area contributed by atoms with Gasteiger partial charge in [-0.15, -0.1) is 0 Å². The van der Waals surface area contributed by atoms with Gasteiger partial charge < -0.3 is 16.0 Å². The number of amides is 1.